The third-order valence-corrected chi connectivity index (χ3v) is 3.07. The molecule has 0 unspecified atom stereocenters. The Morgan fingerprint density at radius 3 is 2.76 bits per heavy atom. The number of hydrogen-bond donors (Lipinski definition) is 2. The van der Waals surface area contributed by atoms with E-state index in [0.717, 1.165) is 23.0 Å². The number of anilines is 2. The maximum Gasteiger partial charge on any atom is 0.129 e. The van der Waals surface area contributed by atoms with E-state index >= 15 is 0 Å². The van der Waals surface area contributed by atoms with Crippen molar-refractivity contribution in [1.82, 2.24) is 4.98 Å². The fourth-order valence-corrected chi connectivity index (χ4v) is 1.91. The molecule has 0 bridgehead atoms. The molecule has 6 heteroatoms. The van der Waals surface area contributed by atoms with Gasteiger partial charge in [0.2, 0.25) is 0 Å². The molecule has 21 heavy (non-hydrogen) atoms. The molecule has 2 N–H and O–H groups in total. The van der Waals surface area contributed by atoms with Crippen molar-refractivity contribution >= 4 is 11.5 Å². The standard InChI is InChI=1S/C15H21N3O3/c1-18(7-8-19)12-3-6-15(16-9-12)17-10-13-4-5-14(21-13)11-20-2/h3-6,9,19H,7-8,10-11H2,1-2H3,(H,16,17). The topological polar surface area (TPSA) is 70.8 Å². The highest BCUT2D eigenvalue weighted by atomic mass is 16.5. The summed E-state index contributed by atoms with van der Waals surface area (Å²) in [4.78, 5) is 6.28. The Morgan fingerprint density at radius 2 is 2.10 bits per heavy atom. The maximum atomic E-state index is 8.91. The smallest absolute Gasteiger partial charge is 0.129 e. The van der Waals surface area contributed by atoms with Crippen molar-refractivity contribution in [1.29, 1.82) is 0 Å². The first-order chi connectivity index (χ1) is 10.2. The van der Waals surface area contributed by atoms with Gasteiger partial charge in [-0.15, -0.1) is 0 Å². The Balaban J connectivity index is 1.88. The van der Waals surface area contributed by atoms with E-state index in [2.05, 4.69) is 10.3 Å². The van der Waals surface area contributed by atoms with Crippen LogP contribution in [-0.4, -0.2) is 37.4 Å². The number of aliphatic hydroxyl groups is 1. The first kappa shape index (κ1) is 15.3. The average Bonchev–Trinajstić information content (AvgIpc) is 2.94. The second-order valence-corrected chi connectivity index (χ2v) is 4.70. The van der Waals surface area contributed by atoms with Gasteiger partial charge >= 0.3 is 0 Å². The minimum absolute atomic E-state index is 0.124. The van der Waals surface area contributed by atoms with Gasteiger partial charge in [-0.2, -0.15) is 0 Å². The van der Waals surface area contributed by atoms with Crippen LogP contribution in [0.25, 0.3) is 0 Å². The average molecular weight is 291 g/mol. The van der Waals surface area contributed by atoms with Gasteiger partial charge in [-0.3, -0.25) is 0 Å². The lowest BCUT2D eigenvalue weighted by molar-refractivity contribution is 0.163. The van der Waals surface area contributed by atoms with Crippen LogP contribution < -0.4 is 10.2 Å². The van der Waals surface area contributed by atoms with Crippen molar-refractivity contribution in [2.45, 2.75) is 13.2 Å². The Morgan fingerprint density at radius 1 is 1.29 bits per heavy atom. The lowest BCUT2D eigenvalue weighted by atomic mass is 10.3. The largest absolute Gasteiger partial charge is 0.462 e. The highest BCUT2D eigenvalue weighted by Crippen LogP contribution is 2.15. The van der Waals surface area contributed by atoms with Gasteiger partial charge in [0.15, 0.2) is 0 Å². The molecule has 0 radical (unpaired) electrons. The molecule has 0 aliphatic carbocycles. The number of pyridine rings is 1. The van der Waals surface area contributed by atoms with Gasteiger partial charge in [-0.25, -0.2) is 4.98 Å². The SMILES string of the molecule is COCc1ccc(CNc2ccc(N(C)CCO)cn2)o1. The zero-order valence-corrected chi connectivity index (χ0v) is 12.4. The third kappa shape index (κ3) is 4.47. The van der Waals surface area contributed by atoms with Crippen molar-refractivity contribution in [3.63, 3.8) is 0 Å². The predicted octanol–water partition coefficient (Wildman–Crippen LogP) is 1.86. The molecule has 0 aromatic carbocycles. The van der Waals surface area contributed by atoms with Gasteiger partial charge in [0.05, 0.1) is 25.0 Å². The fraction of sp³-hybridized carbons (Fsp3) is 0.400. The van der Waals surface area contributed by atoms with E-state index in [0.29, 0.717) is 19.7 Å². The summed E-state index contributed by atoms with van der Waals surface area (Å²) < 4.78 is 10.6. The van der Waals surface area contributed by atoms with Crippen molar-refractivity contribution < 1.29 is 14.3 Å². The number of ether oxygens (including phenoxy) is 1. The summed E-state index contributed by atoms with van der Waals surface area (Å²) in [6, 6.07) is 7.69. The van der Waals surface area contributed by atoms with Crippen LogP contribution in [0.4, 0.5) is 11.5 Å². The van der Waals surface area contributed by atoms with Gasteiger partial charge in [-0.05, 0) is 24.3 Å². The van der Waals surface area contributed by atoms with Gasteiger partial charge < -0.3 is 24.5 Å². The molecule has 114 valence electrons. The maximum absolute atomic E-state index is 8.91. The minimum Gasteiger partial charge on any atom is -0.462 e. The predicted molar refractivity (Wildman–Crippen MR) is 81.3 cm³/mol. The van der Waals surface area contributed by atoms with Crippen molar-refractivity contribution in [3.8, 4) is 0 Å². The summed E-state index contributed by atoms with van der Waals surface area (Å²) >= 11 is 0. The van der Waals surface area contributed by atoms with Crippen LogP contribution in [0, 0.1) is 0 Å². The molecule has 0 saturated carbocycles. The second-order valence-electron chi connectivity index (χ2n) is 4.70. The molecule has 0 spiro atoms. The molecule has 0 saturated heterocycles. The Hall–Kier alpha value is -2.05. The van der Waals surface area contributed by atoms with E-state index in [1.807, 2.05) is 36.2 Å². The Bertz CT molecular complexity index is 539. The van der Waals surface area contributed by atoms with E-state index in [1.165, 1.54) is 0 Å². The van der Waals surface area contributed by atoms with Crippen LogP contribution in [0.2, 0.25) is 0 Å². The van der Waals surface area contributed by atoms with Crippen LogP contribution in [-0.2, 0) is 17.9 Å². The summed E-state index contributed by atoms with van der Waals surface area (Å²) in [7, 11) is 3.56. The molecule has 0 aliphatic rings. The molecule has 0 aliphatic heterocycles. The van der Waals surface area contributed by atoms with Crippen LogP contribution in [0.1, 0.15) is 11.5 Å². The highest BCUT2D eigenvalue weighted by Gasteiger charge is 2.03. The molecule has 2 rings (SSSR count). The number of likely N-dealkylation sites (N-methyl/N-ethyl adjacent to an activating group) is 1. The van der Waals surface area contributed by atoms with Crippen molar-refractivity contribution in [2.75, 3.05) is 37.5 Å². The van der Waals surface area contributed by atoms with Gasteiger partial charge in [0.25, 0.3) is 0 Å². The zero-order chi connectivity index (χ0) is 15.1. The van der Waals surface area contributed by atoms with Crippen molar-refractivity contribution in [2.24, 2.45) is 0 Å². The van der Waals surface area contributed by atoms with Gasteiger partial charge in [0, 0.05) is 20.7 Å². The molecular weight excluding hydrogens is 270 g/mol. The van der Waals surface area contributed by atoms with Gasteiger partial charge in [0.1, 0.15) is 23.9 Å². The highest BCUT2D eigenvalue weighted by molar-refractivity contribution is 5.48. The van der Waals surface area contributed by atoms with E-state index in [-0.39, 0.29) is 6.61 Å². The first-order valence-corrected chi connectivity index (χ1v) is 6.81. The summed E-state index contributed by atoms with van der Waals surface area (Å²) in [5, 5.41) is 12.1. The van der Waals surface area contributed by atoms with Crippen LogP contribution >= 0.6 is 0 Å². The van der Waals surface area contributed by atoms with E-state index in [1.54, 1.807) is 13.3 Å². The Labute approximate surface area is 124 Å². The number of nitrogens with one attached hydrogen (secondary N) is 1. The molecule has 0 amide bonds. The summed E-state index contributed by atoms with van der Waals surface area (Å²) in [5.74, 6) is 2.43. The lowest BCUT2D eigenvalue weighted by Gasteiger charge is -2.17. The minimum atomic E-state index is 0.124. The number of methoxy groups -OCH3 is 1. The quantitative estimate of drug-likeness (QED) is 0.773. The number of aromatic nitrogens is 1. The number of aliphatic hydroxyl groups excluding tert-OH is 1. The summed E-state index contributed by atoms with van der Waals surface area (Å²) in [6.45, 7) is 1.76. The fourth-order valence-electron chi connectivity index (χ4n) is 1.91. The number of hydrogen-bond acceptors (Lipinski definition) is 6. The normalized spacial score (nSPS) is 10.6. The molecule has 2 heterocycles. The first-order valence-electron chi connectivity index (χ1n) is 6.81. The molecule has 0 atom stereocenters. The van der Waals surface area contributed by atoms with Gasteiger partial charge in [-0.1, -0.05) is 0 Å². The molecule has 0 fully saturated rings. The zero-order valence-electron chi connectivity index (χ0n) is 12.4. The van der Waals surface area contributed by atoms with Crippen LogP contribution in [0.3, 0.4) is 0 Å². The summed E-state index contributed by atoms with van der Waals surface area (Å²) in [6.07, 6.45) is 1.77. The molecular formula is C15H21N3O3. The third-order valence-electron chi connectivity index (χ3n) is 3.07. The van der Waals surface area contributed by atoms with E-state index in [4.69, 9.17) is 14.3 Å². The van der Waals surface area contributed by atoms with E-state index < -0.39 is 0 Å². The monoisotopic (exact) mass is 291 g/mol. The van der Waals surface area contributed by atoms with E-state index in [9.17, 15) is 0 Å². The molecule has 2 aromatic heterocycles. The second kappa shape index (κ2) is 7.66. The molecule has 6 nitrogen and oxygen atoms in total. The molecule has 2 aromatic rings. The van der Waals surface area contributed by atoms with Crippen LogP contribution in [0.15, 0.2) is 34.9 Å². The Kier molecular flexibility index (Phi) is 5.59. The number of nitrogens with zero attached hydrogens (tertiary/aromatic N) is 2. The van der Waals surface area contributed by atoms with Crippen LogP contribution in [0.5, 0.6) is 0 Å². The number of rotatable bonds is 8. The number of furan rings is 1. The summed E-state index contributed by atoms with van der Waals surface area (Å²) in [5.41, 5.74) is 0.968. The lowest BCUT2D eigenvalue weighted by Crippen LogP contribution is -2.21. The van der Waals surface area contributed by atoms with Crippen molar-refractivity contribution in [3.05, 3.63) is 42.0 Å².